The van der Waals surface area contributed by atoms with Crippen LogP contribution in [0.25, 0.3) is 10.2 Å². The van der Waals surface area contributed by atoms with Gasteiger partial charge in [0.1, 0.15) is 16.5 Å². The summed E-state index contributed by atoms with van der Waals surface area (Å²) in [7, 11) is 0. The van der Waals surface area contributed by atoms with Crippen molar-refractivity contribution in [2.45, 2.75) is 13.0 Å². The van der Waals surface area contributed by atoms with Crippen LogP contribution in [-0.2, 0) is 9.53 Å². The van der Waals surface area contributed by atoms with E-state index in [1.807, 2.05) is 12.3 Å². The highest BCUT2D eigenvalue weighted by Crippen LogP contribution is 2.29. The summed E-state index contributed by atoms with van der Waals surface area (Å²) in [6, 6.07) is 2.08. The van der Waals surface area contributed by atoms with Crippen LogP contribution in [-0.4, -0.2) is 48.2 Å². The summed E-state index contributed by atoms with van der Waals surface area (Å²) in [6.45, 7) is 4.33. The molecule has 2 atom stereocenters. The van der Waals surface area contributed by atoms with Gasteiger partial charge in [-0.25, -0.2) is 9.97 Å². The Morgan fingerprint density at radius 2 is 2.29 bits per heavy atom. The second kappa shape index (κ2) is 4.92. The minimum absolute atomic E-state index is 0.0222. The standard InChI is InChI=1S/C14H16N4O2S/c1-8-15-12(11-2-3-21-14(11)16-8)18-4-9-6-20-7-10(5-18)17-13(9)19/h2-3,9-10H,4-7H2,1H3,(H,17,19)/t9-,10+/m1/s1. The molecule has 0 aromatic carbocycles. The van der Waals surface area contributed by atoms with Gasteiger partial charge in [-0.05, 0) is 18.4 Å². The molecule has 0 aliphatic carbocycles. The number of rotatable bonds is 1. The lowest BCUT2D eigenvalue weighted by Gasteiger charge is -2.29. The van der Waals surface area contributed by atoms with E-state index >= 15 is 0 Å². The molecule has 4 rings (SSSR count). The van der Waals surface area contributed by atoms with Gasteiger partial charge in [0.15, 0.2) is 0 Å². The monoisotopic (exact) mass is 304 g/mol. The zero-order valence-corrected chi connectivity index (χ0v) is 12.5. The van der Waals surface area contributed by atoms with Crippen molar-refractivity contribution in [3.05, 3.63) is 17.3 Å². The Kier molecular flexibility index (Phi) is 3.04. The average Bonchev–Trinajstić information content (AvgIpc) is 2.74. The van der Waals surface area contributed by atoms with E-state index in [1.165, 1.54) is 0 Å². The molecule has 1 N–H and O–H groups in total. The highest BCUT2D eigenvalue weighted by molar-refractivity contribution is 7.16. The molecule has 4 heterocycles. The number of aryl methyl sites for hydroxylation is 1. The third kappa shape index (κ3) is 2.26. The van der Waals surface area contributed by atoms with Crippen LogP contribution in [0.15, 0.2) is 11.4 Å². The number of anilines is 1. The Hall–Kier alpha value is -1.73. The van der Waals surface area contributed by atoms with Crippen molar-refractivity contribution in [2.24, 2.45) is 5.92 Å². The predicted molar refractivity (Wildman–Crippen MR) is 80.6 cm³/mol. The summed E-state index contributed by atoms with van der Waals surface area (Å²) in [6.07, 6.45) is 0. The third-order valence-corrected chi connectivity index (χ3v) is 4.76. The smallest absolute Gasteiger partial charge is 0.227 e. The molecule has 1 amide bonds. The van der Waals surface area contributed by atoms with Crippen LogP contribution >= 0.6 is 11.3 Å². The van der Waals surface area contributed by atoms with Crippen LogP contribution in [0.3, 0.4) is 0 Å². The molecule has 110 valence electrons. The number of nitrogens with one attached hydrogen (secondary N) is 1. The van der Waals surface area contributed by atoms with E-state index in [9.17, 15) is 4.79 Å². The SMILES string of the molecule is Cc1nc(N2C[C@H]3COC[C@@H](C2)C(=O)N3)c2ccsc2n1. The minimum Gasteiger partial charge on any atom is -0.378 e. The second-order valence-corrected chi connectivity index (χ2v) is 6.47. The molecule has 0 saturated carbocycles. The maximum Gasteiger partial charge on any atom is 0.227 e. The predicted octanol–water partition coefficient (Wildman–Crippen LogP) is 0.951. The third-order valence-electron chi connectivity index (χ3n) is 3.95. The van der Waals surface area contributed by atoms with Crippen LogP contribution in [0.5, 0.6) is 0 Å². The van der Waals surface area contributed by atoms with Gasteiger partial charge < -0.3 is 15.0 Å². The van der Waals surface area contributed by atoms with Crippen LogP contribution in [0.4, 0.5) is 5.82 Å². The number of ether oxygens (including phenoxy) is 1. The fourth-order valence-electron chi connectivity index (χ4n) is 2.99. The van der Waals surface area contributed by atoms with E-state index in [4.69, 9.17) is 4.74 Å². The van der Waals surface area contributed by atoms with E-state index in [0.29, 0.717) is 19.8 Å². The van der Waals surface area contributed by atoms with Crippen molar-refractivity contribution < 1.29 is 9.53 Å². The number of carbonyl (C=O) groups is 1. The maximum atomic E-state index is 12.1. The zero-order chi connectivity index (χ0) is 14.4. The van der Waals surface area contributed by atoms with Crippen molar-refractivity contribution in [1.82, 2.24) is 15.3 Å². The highest BCUT2D eigenvalue weighted by atomic mass is 32.1. The molecule has 2 fully saturated rings. The van der Waals surface area contributed by atoms with Gasteiger partial charge in [0.05, 0.1) is 30.6 Å². The Balaban J connectivity index is 1.78. The van der Waals surface area contributed by atoms with E-state index in [-0.39, 0.29) is 17.9 Å². The maximum absolute atomic E-state index is 12.1. The van der Waals surface area contributed by atoms with Crippen molar-refractivity contribution in [2.75, 3.05) is 31.2 Å². The Bertz CT molecular complexity index is 701. The van der Waals surface area contributed by atoms with Gasteiger partial charge in [-0.1, -0.05) is 0 Å². The first-order chi connectivity index (χ1) is 10.2. The van der Waals surface area contributed by atoms with Crippen LogP contribution in [0.2, 0.25) is 0 Å². The van der Waals surface area contributed by atoms with Crippen LogP contribution < -0.4 is 10.2 Å². The van der Waals surface area contributed by atoms with E-state index in [0.717, 1.165) is 28.4 Å². The van der Waals surface area contributed by atoms with E-state index < -0.39 is 0 Å². The fourth-order valence-corrected chi connectivity index (χ4v) is 3.79. The molecule has 2 aromatic rings. The summed E-state index contributed by atoms with van der Waals surface area (Å²) >= 11 is 1.62. The van der Waals surface area contributed by atoms with Crippen LogP contribution in [0.1, 0.15) is 5.82 Å². The molecule has 0 spiro atoms. The molecule has 2 bridgehead atoms. The van der Waals surface area contributed by atoms with Crippen molar-refractivity contribution in [3.63, 3.8) is 0 Å². The molecular formula is C14H16N4O2S. The summed E-state index contributed by atoms with van der Waals surface area (Å²) in [5.41, 5.74) is 0. The summed E-state index contributed by atoms with van der Waals surface area (Å²) in [4.78, 5) is 24.4. The van der Waals surface area contributed by atoms with Gasteiger partial charge in [0.2, 0.25) is 5.91 Å². The molecule has 2 aliphatic heterocycles. The first-order valence-electron chi connectivity index (χ1n) is 7.05. The largest absolute Gasteiger partial charge is 0.378 e. The zero-order valence-electron chi connectivity index (χ0n) is 11.7. The number of aromatic nitrogens is 2. The topological polar surface area (TPSA) is 67.4 Å². The number of fused-ring (bicyclic) bond motifs is 4. The number of nitrogens with zero attached hydrogens (tertiary/aromatic N) is 3. The number of carbonyl (C=O) groups excluding carboxylic acids is 1. The van der Waals surface area contributed by atoms with Crippen molar-refractivity contribution in [3.8, 4) is 0 Å². The molecule has 2 aromatic heterocycles. The summed E-state index contributed by atoms with van der Waals surface area (Å²) < 4.78 is 5.57. The highest BCUT2D eigenvalue weighted by Gasteiger charge is 2.34. The number of amides is 1. The Morgan fingerprint density at radius 3 is 3.19 bits per heavy atom. The summed E-state index contributed by atoms with van der Waals surface area (Å²) in [5.74, 6) is 1.66. The number of hydrogen-bond donors (Lipinski definition) is 1. The quantitative estimate of drug-likeness (QED) is 0.849. The molecule has 21 heavy (non-hydrogen) atoms. The van der Waals surface area contributed by atoms with Gasteiger partial charge in [-0.2, -0.15) is 0 Å². The van der Waals surface area contributed by atoms with Gasteiger partial charge in [0, 0.05) is 13.1 Å². The molecule has 2 aliphatic rings. The van der Waals surface area contributed by atoms with E-state index in [1.54, 1.807) is 11.3 Å². The molecule has 2 saturated heterocycles. The molecule has 0 radical (unpaired) electrons. The van der Waals surface area contributed by atoms with Crippen molar-refractivity contribution in [1.29, 1.82) is 0 Å². The molecule has 7 heteroatoms. The second-order valence-electron chi connectivity index (χ2n) is 5.58. The molecule has 0 unspecified atom stereocenters. The summed E-state index contributed by atoms with van der Waals surface area (Å²) in [5, 5.41) is 6.15. The average molecular weight is 304 g/mol. The molecule has 6 nitrogen and oxygen atoms in total. The van der Waals surface area contributed by atoms with Crippen molar-refractivity contribution >= 4 is 33.3 Å². The minimum atomic E-state index is -0.138. The lowest BCUT2D eigenvalue weighted by atomic mass is 10.1. The first kappa shape index (κ1) is 13.0. The van der Waals surface area contributed by atoms with Gasteiger partial charge in [-0.15, -0.1) is 11.3 Å². The molecular weight excluding hydrogens is 288 g/mol. The fraction of sp³-hybridized carbons (Fsp3) is 0.500. The number of thiophene rings is 1. The van der Waals surface area contributed by atoms with Crippen LogP contribution in [0, 0.1) is 12.8 Å². The van der Waals surface area contributed by atoms with E-state index in [2.05, 4.69) is 26.3 Å². The Morgan fingerprint density at radius 1 is 1.38 bits per heavy atom. The Labute approximate surface area is 126 Å². The van der Waals surface area contributed by atoms with Gasteiger partial charge in [-0.3, -0.25) is 4.79 Å². The number of hydrogen-bond acceptors (Lipinski definition) is 6. The lowest BCUT2D eigenvalue weighted by molar-refractivity contribution is -0.124. The first-order valence-corrected chi connectivity index (χ1v) is 7.93. The van der Waals surface area contributed by atoms with Gasteiger partial charge in [0.25, 0.3) is 0 Å². The lowest BCUT2D eigenvalue weighted by Crippen LogP contribution is -2.42. The normalized spacial score (nSPS) is 25.8. The van der Waals surface area contributed by atoms with Gasteiger partial charge >= 0.3 is 0 Å².